The number of hydrogen-bond donors (Lipinski definition) is 5. The van der Waals surface area contributed by atoms with E-state index in [1.54, 1.807) is 0 Å². The van der Waals surface area contributed by atoms with E-state index < -0.39 is 17.2 Å². The molecule has 0 bridgehead atoms. The predicted molar refractivity (Wildman–Crippen MR) is 109 cm³/mol. The lowest BCUT2D eigenvalue weighted by molar-refractivity contribution is -0.126. The van der Waals surface area contributed by atoms with Crippen LogP contribution in [0.1, 0.15) is 72.6 Å². The molecule has 0 aromatic heterocycles. The van der Waals surface area contributed by atoms with Crippen molar-refractivity contribution < 1.29 is 19.1 Å². The Morgan fingerprint density at radius 2 is 1.70 bits per heavy atom. The number of thiol groups is 1. The number of unbranched alkanes of at least 4 members (excludes halogenated alkanes) is 2. The fraction of sp³-hybridized carbons (Fsp3) is 0.833. The molecule has 0 radical (unpaired) electrons. The number of hydrazine groups is 1. The second-order valence-corrected chi connectivity index (χ2v) is 8.08. The standard InChI is InChI=1S/C18H36N4O4S/c1-5-18(4,10-11-26-16(25)22-19)21-15(24)13-17(2,3)20-14(23)9-7-6-8-12-27/h27H,5-13,19H2,1-4H3,(H,20,23)(H,21,24)(H,22,25). The second kappa shape index (κ2) is 12.8. The molecule has 0 spiro atoms. The normalized spacial score (nSPS) is 13.4. The van der Waals surface area contributed by atoms with Gasteiger partial charge in [0.2, 0.25) is 11.8 Å². The Hall–Kier alpha value is -1.48. The van der Waals surface area contributed by atoms with Gasteiger partial charge in [-0.25, -0.2) is 10.6 Å². The number of amides is 3. The highest BCUT2D eigenvalue weighted by Crippen LogP contribution is 2.17. The lowest BCUT2D eigenvalue weighted by Gasteiger charge is -2.32. The summed E-state index contributed by atoms with van der Waals surface area (Å²) in [4.78, 5) is 35.5. The van der Waals surface area contributed by atoms with E-state index in [1.807, 2.05) is 33.1 Å². The second-order valence-electron chi connectivity index (χ2n) is 7.64. The van der Waals surface area contributed by atoms with Crippen molar-refractivity contribution in [3.05, 3.63) is 0 Å². The molecule has 8 nitrogen and oxygen atoms in total. The molecule has 0 saturated carbocycles. The van der Waals surface area contributed by atoms with Crippen LogP contribution in [0.4, 0.5) is 4.79 Å². The highest BCUT2D eigenvalue weighted by atomic mass is 32.1. The molecule has 0 aliphatic heterocycles. The Bertz CT molecular complexity index is 488. The van der Waals surface area contributed by atoms with Crippen LogP contribution in [0.5, 0.6) is 0 Å². The van der Waals surface area contributed by atoms with Crippen molar-refractivity contribution in [2.24, 2.45) is 5.84 Å². The molecule has 1 atom stereocenters. The van der Waals surface area contributed by atoms with Gasteiger partial charge in [-0.3, -0.25) is 15.0 Å². The average Bonchev–Trinajstić information content (AvgIpc) is 2.57. The zero-order valence-corrected chi connectivity index (χ0v) is 17.9. The van der Waals surface area contributed by atoms with Crippen LogP contribution in [0.25, 0.3) is 0 Å². The molecule has 0 aromatic rings. The van der Waals surface area contributed by atoms with Gasteiger partial charge >= 0.3 is 6.09 Å². The van der Waals surface area contributed by atoms with Gasteiger partial charge < -0.3 is 15.4 Å². The summed E-state index contributed by atoms with van der Waals surface area (Å²) in [6.07, 6.45) is 3.81. The van der Waals surface area contributed by atoms with Crippen molar-refractivity contribution in [1.29, 1.82) is 0 Å². The van der Waals surface area contributed by atoms with Gasteiger partial charge in [-0.15, -0.1) is 0 Å². The van der Waals surface area contributed by atoms with E-state index in [0.29, 0.717) is 19.3 Å². The maximum Gasteiger partial charge on any atom is 0.421 e. The number of nitrogens with two attached hydrogens (primary N) is 1. The van der Waals surface area contributed by atoms with Gasteiger partial charge in [0.1, 0.15) is 0 Å². The fourth-order valence-corrected chi connectivity index (χ4v) is 2.80. The minimum Gasteiger partial charge on any atom is -0.449 e. The summed E-state index contributed by atoms with van der Waals surface area (Å²) in [5.74, 6) is 5.57. The molecule has 1 unspecified atom stereocenters. The molecule has 0 saturated heterocycles. The zero-order valence-electron chi connectivity index (χ0n) is 17.0. The molecular formula is C18H36N4O4S. The maximum absolute atomic E-state index is 12.5. The molecule has 0 fully saturated rings. The smallest absolute Gasteiger partial charge is 0.421 e. The summed E-state index contributed by atoms with van der Waals surface area (Å²) in [6, 6.07) is 0. The minimum absolute atomic E-state index is 0.0496. The van der Waals surface area contributed by atoms with Crippen molar-refractivity contribution in [3.8, 4) is 0 Å². The SMILES string of the molecule is CCC(C)(CCOC(=O)NN)NC(=O)CC(C)(C)NC(=O)CCCCCS. The van der Waals surface area contributed by atoms with Crippen molar-refractivity contribution in [1.82, 2.24) is 16.1 Å². The zero-order chi connectivity index (χ0) is 20.9. The number of carbonyl (C=O) groups is 3. The van der Waals surface area contributed by atoms with E-state index in [1.165, 1.54) is 0 Å². The Labute approximate surface area is 168 Å². The molecule has 0 aliphatic carbocycles. The number of rotatable bonds is 13. The first-order chi connectivity index (χ1) is 12.6. The van der Waals surface area contributed by atoms with E-state index >= 15 is 0 Å². The summed E-state index contributed by atoms with van der Waals surface area (Å²) in [7, 11) is 0. The highest BCUT2D eigenvalue weighted by Gasteiger charge is 2.29. The number of carbonyl (C=O) groups excluding carboxylic acids is 3. The Balaban J connectivity index is 4.43. The molecule has 0 aromatic carbocycles. The average molecular weight is 405 g/mol. The molecule has 158 valence electrons. The Morgan fingerprint density at radius 3 is 2.26 bits per heavy atom. The van der Waals surface area contributed by atoms with Gasteiger partial charge in [-0.05, 0) is 45.8 Å². The van der Waals surface area contributed by atoms with E-state index in [9.17, 15) is 14.4 Å². The molecule has 27 heavy (non-hydrogen) atoms. The van der Waals surface area contributed by atoms with E-state index in [2.05, 4.69) is 23.3 Å². The van der Waals surface area contributed by atoms with Gasteiger partial charge in [0.05, 0.1) is 6.61 Å². The van der Waals surface area contributed by atoms with Crippen LogP contribution in [-0.2, 0) is 14.3 Å². The van der Waals surface area contributed by atoms with Gasteiger partial charge in [0, 0.05) is 30.3 Å². The Kier molecular flexibility index (Phi) is 12.1. The lowest BCUT2D eigenvalue weighted by atomic mass is 9.93. The van der Waals surface area contributed by atoms with Crippen LogP contribution in [0.2, 0.25) is 0 Å². The van der Waals surface area contributed by atoms with Crippen molar-refractivity contribution in [2.75, 3.05) is 12.4 Å². The van der Waals surface area contributed by atoms with Crippen LogP contribution in [0.3, 0.4) is 0 Å². The third-order valence-corrected chi connectivity index (χ3v) is 4.68. The lowest BCUT2D eigenvalue weighted by Crippen LogP contribution is -2.51. The van der Waals surface area contributed by atoms with Crippen molar-refractivity contribution in [2.45, 2.75) is 83.7 Å². The third kappa shape index (κ3) is 12.5. The number of nitrogens with one attached hydrogen (secondary N) is 3. The van der Waals surface area contributed by atoms with Crippen LogP contribution in [0, 0.1) is 0 Å². The van der Waals surface area contributed by atoms with Gasteiger partial charge in [-0.2, -0.15) is 12.6 Å². The molecule has 0 rings (SSSR count). The first-order valence-electron chi connectivity index (χ1n) is 9.43. The summed E-state index contributed by atoms with van der Waals surface area (Å²) in [5, 5.41) is 5.91. The van der Waals surface area contributed by atoms with Crippen molar-refractivity contribution >= 4 is 30.5 Å². The Morgan fingerprint density at radius 1 is 1.04 bits per heavy atom. The highest BCUT2D eigenvalue weighted by molar-refractivity contribution is 7.80. The van der Waals surface area contributed by atoms with Crippen LogP contribution >= 0.6 is 12.6 Å². The maximum atomic E-state index is 12.5. The van der Waals surface area contributed by atoms with Crippen LogP contribution < -0.4 is 21.9 Å². The van der Waals surface area contributed by atoms with Crippen LogP contribution in [-0.4, -0.2) is 41.3 Å². The first kappa shape index (κ1) is 25.5. The molecule has 3 amide bonds. The topological polar surface area (TPSA) is 123 Å². The molecule has 0 heterocycles. The molecule has 0 aliphatic rings. The third-order valence-electron chi connectivity index (χ3n) is 4.37. The van der Waals surface area contributed by atoms with Gasteiger partial charge in [-0.1, -0.05) is 13.3 Å². The number of ether oxygens (including phenoxy) is 1. The fourth-order valence-electron chi connectivity index (χ4n) is 2.58. The summed E-state index contributed by atoms with van der Waals surface area (Å²) in [6.45, 7) is 7.63. The van der Waals surface area contributed by atoms with Gasteiger partial charge in [0.25, 0.3) is 0 Å². The molecule has 5 N–H and O–H groups in total. The van der Waals surface area contributed by atoms with Crippen LogP contribution in [0.15, 0.2) is 0 Å². The summed E-state index contributed by atoms with van der Waals surface area (Å²) < 4.78 is 4.89. The minimum atomic E-state index is -0.710. The van der Waals surface area contributed by atoms with E-state index in [0.717, 1.165) is 25.0 Å². The predicted octanol–water partition coefficient (Wildman–Crippen LogP) is 2.04. The van der Waals surface area contributed by atoms with E-state index in [-0.39, 0.29) is 24.8 Å². The first-order valence-corrected chi connectivity index (χ1v) is 10.1. The quantitative estimate of drug-likeness (QED) is 0.106. The summed E-state index contributed by atoms with van der Waals surface area (Å²) in [5.41, 5.74) is 0.730. The van der Waals surface area contributed by atoms with E-state index in [4.69, 9.17) is 10.6 Å². The molecular weight excluding hydrogens is 368 g/mol. The number of hydrogen-bond acceptors (Lipinski definition) is 6. The van der Waals surface area contributed by atoms with Crippen molar-refractivity contribution in [3.63, 3.8) is 0 Å². The molecule has 9 heteroatoms. The monoisotopic (exact) mass is 404 g/mol. The van der Waals surface area contributed by atoms with Gasteiger partial charge in [0.15, 0.2) is 0 Å². The summed E-state index contributed by atoms with van der Waals surface area (Å²) >= 11 is 4.15. The largest absolute Gasteiger partial charge is 0.449 e.